The maximum atomic E-state index is 14.6. The lowest BCUT2D eigenvalue weighted by atomic mass is 9.41. The molecule has 0 amide bonds. The van der Waals surface area contributed by atoms with E-state index in [0.29, 0.717) is 38.5 Å². The van der Waals surface area contributed by atoms with Gasteiger partial charge >= 0.3 is 22.3 Å². The molecular weight excluding hydrogens is 1100 g/mol. The zero-order valence-electron chi connectivity index (χ0n) is 48.1. The molecule has 0 aromatic heterocycles. The topological polar surface area (TPSA) is 361 Å². The van der Waals surface area contributed by atoms with Crippen molar-refractivity contribution in [3.63, 3.8) is 0 Å². The van der Waals surface area contributed by atoms with Crippen LogP contribution >= 0.6 is 0 Å². The summed E-state index contributed by atoms with van der Waals surface area (Å²) in [5.74, 6) is -2.24. The highest BCUT2D eigenvalue weighted by Gasteiger charge is 2.79. The van der Waals surface area contributed by atoms with Crippen molar-refractivity contribution in [2.45, 2.75) is 223 Å². The molecule has 25 nitrogen and oxygen atoms in total. The Kier molecular flexibility index (Phi) is 18.5. The molecule has 0 unspecified atom stereocenters. The van der Waals surface area contributed by atoms with Crippen molar-refractivity contribution in [2.75, 3.05) is 33.5 Å². The summed E-state index contributed by atoms with van der Waals surface area (Å²) in [5, 5.41) is 88.7. The first kappa shape index (κ1) is 63.8. The van der Waals surface area contributed by atoms with Crippen LogP contribution in [0.15, 0.2) is 35.5 Å². The minimum absolute atomic E-state index is 0.000695. The number of aliphatic hydroxyl groups excluding tert-OH is 8. The number of allylic oxidation sites excluding steroid dienone is 5. The Labute approximate surface area is 478 Å². The number of rotatable bonds is 16. The molecule has 0 aromatic rings. The minimum Gasteiger partial charge on any atom is -0.462 e. The van der Waals surface area contributed by atoms with Gasteiger partial charge in [0.1, 0.15) is 78.8 Å². The van der Waals surface area contributed by atoms with E-state index in [1.54, 1.807) is 0 Å². The summed E-state index contributed by atoms with van der Waals surface area (Å²) >= 11 is 0. The quantitative estimate of drug-likeness (QED) is 0.0443. The fraction of sp³-hybridized carbons (Fsp3) is 0.857. The van der Waals surface area contributed by atoms with Crippen LogP contribution in [0.2, 0.25) is 0 Å². The van der Waals surface area contributed by atoms with Crippen molar-refractivity contribution < 1.29 is 120 Å². The van der Waals surface area contributed by atoms with Crippen molar-refractivity contribution in [3.8, 4) is 0 Å². The number of hydrogen-bond donors (Lipinski definition) is 9. The second-order valence-electron chi connectivity index (χ2n) is 25.7. The molecule has 26 heteroatoms. The van der Waals surface area contributed by atoms with E-state index in [0.717, 1.165) is 5.57 Å². The molecule has 3 saturated carbocycles. The van der Waals surface area contributed by atoms with E-state index >= 15 is 0 Å². The van der Waals surface area contributed by atoms with E-state index in [4.69, 9.17) is 52.1 Å². The maximum Gasteiger partial charge on any atom is 0.397 e. The van der Waals surface area contributed by atoms with Crippen LogP contribution in [0.25, 0.3) is 0 Å². The van der Waals surface area contributed by atoms with E-state index in [9.17, 15) is 63.4 Å². The second-order valence-corrected chi connectivity index (χ2v) is 26.8. The van der Waals surface area contributed by atoms with Crippen LogP contribution in [0, 0.1) is 45.3 Å². The van der Waals surface area contributed by atoms with Gasteiger partial charge in [-0.1, -0.05) is 57.1 Å². The largest absolute Gasteiger partial charge is 0.462 e. The second kappa shape index (κ2) is 23.8. The highest BCUT2D eigenvalue weighted by atomic mass is 32.3. The van der Waals surface area contributed by atoms with Crippen LogP contribution in [0.1, 0.15) is 101 Å². The molecule has 82 heavy (non-hydrogen) atoms. The summed E-state index contributed by atoms with van der Waals surface area (Å²) < 4.78 is 104. The zero-order valence-corrected chi connectivity index (χ0v) is 48.9. The number of fused-ring (bicyclic) bond motifs is 4. The Morgan fingerprint density at radius 1 is 0.780 bits per heavy atom. The lowest BCUT2D eigenvalue weighted by molar-refractivity contribution is -0.381. The van der Waals surface area contributed by atoms with Crippen molar-refractivity contribution in [1.82, 2.24) is 0 Å². The summed E-state index contributed by atoms with van der Waals surface area (Å²) in [7, 11) is -3.76. The van der Waals surface area contributed by atoms with Gasteiger partial charge in [0, 0.05) is 25.4 Å². The molecule has 0 radical (unpaired) electrons. The van der Waals surface area contributed by atoms with Crippen molar-refractivity contribution in [1.29, 1.82) is 0 Å². The van der Waals surface area contributed by atoms with Gasteiger partial charge in [0.25, 0.3) is 0 Å². The van der Waals surface area contributed by atoms with Crippen LogP contribution in [-0.2, 0) is 76.3 Å². The molecule has 8 fully saturated rings. The van der Waals surface area contributed by atoms with Crippen LogP contribution < -0.4 is 0 Å². The van der Waals surface area contributed by atoms with Gasteiger partial charge in [0.05, 0.1) is 56.1 Å². The van der Waals surface area contributed by atoms with Crippen molar-refractivity contribution in [2.24, 2.45) is 45.3 Å². The summed E-state index contributed by atoms with van der Waals surface area (Å²) in [6, 6.07) is 0. The van der Waals surface area contributed by atoms with Crippen LogP contribution in [0.3, 0.4) is 0 Å². The molecule has 9 aliphatic rings. The summed E-state index contributed by atoms with van der Waals surface area (Å²) in [6.07, 6.45) is -16.2. The molecular formula is C56H86O25S. The molecule has 5 heterocycles. The smallest absolute Gasteiger partial charge is 0.397 e. The molecule has 5 saturated heterocycles. The first-order chi connectivity index (χ1) is 38.4. The number of esters is 2. The predicted molar refractivity (Wildman–Crippen MR) is 280 cm³/mol. The lowest BCUT2D eigenvalue weighted by Gasteiger charge is -2.63. The Bertz CT molecular complexity index is 2520. The number of aliphatic hydroxyl groups is 8. The van der Waals surface area contributed by atoms with E-state index in [-0.39, 0.29) is 29.8 Å². The third-order valence-electron chi connectivity index (χ3n) is 20.1. The van der Waals surface area contributed by atoms with Gasteiger partial charge in [-0.05, 0) is 95.0 Å². The fourth-order valence-corrected chi connectivity index (χ4v) is 16.4. The standard InChI is InChI=1S/C56H86O25S/c1-25(2)12-11-17-55(9)46-32(75-27(4)58)20-54(8)30-13-14-34-52(5,6)35(16-18-53(34,7)29(30)15-19-56(46,54)51(66)81-55)77-50-45(36(60)28(22-71-50)23-73-82(67,68)69)80-48-39(63)38(62)42(26(3)74-48)78-47-40(64)43(31(59)24-72-47)79-49-41(65)44(70-10)37(61)33(21-57)76-49/h11-13,17,26,28-29,31-50,57,59-65H,14-16,18-24H2,1-10H3,(H,67,68,69)/b17-11+/t26-,28+,29-,31-,32+,33-,34+,35+,36+,37-,38-,39-,40-,41-,42-,43+,44+,45-,46-,47+,48+,49+,50+,53-,54+,55+,56-/m1/s1. The Hall–Kier alpha value is -2.65. The molecule has 0 aromatic carbocycles. The van der Waals surface area contributed by atoms with Crippen LogP contribution in [0.5, 0.6) is 0 Å². The molecule has 466 valence electrons. The average molecular weight is 1190 g/mol. The predicted octanol–water partition coefficient (Wildman–Crippen LogP) is 0.644. The van der Waals surface area contributed by atoms with Gasteiger partial charge in [-0.15, -0.1) is 0 Å². The van der Waals surface area contributed by atoms with Gasteiger partial charge in [-0.2, -0.15) is 8.42 Å². The van der Waals surface area contributed by atoms with E-state index in [1.165, 1.54) is 26.5 Å². The Balaban J connectivity index is 0.914. The van der Waals surface area contributed by atoms with Gasteiger partial charge in [0.2, 0.25) is 0 Å². The van der Waals surface area contributed by atoms with E-state index in [1.807, 2.05) is 39.0 Å². The van der Waals surface area contributed by atoms with Gasteiger partial charge in [0.15, 0.2) is 25.2 Å². The molecule has 9 N–H and O–H groups in total. The number of ether oxygens (including phenoxy) is 11. The number of carbonyl (C=O) groups is 2. The van der Waals surface area contributed by atoms with Crippen LogP contribution in [0.4, 0.5) is 0 Å². The lowest BCUT2D eigenvalue weighted by Crippen LogP contribution is -2.65. The molecule has 0 bridgehead atoms. The van der Waals surface area contributed by atoms with Gasteiger partial charge in [-0.25, -0.2) is 4.18 Å². The van der Waals surface area contributed by atoms with Gasteiger partial charge in [-0.3, -0.25) is 14.1 Å². The Morgan fingerprint density at radius 2 is 1.44 bits per heavy atom. The van der Waals surface area contributed by atoms with Crippen molar-refractivity contribution >= 4 is 22.3 Å². The normalized spacial score (nSPS) is 49.2. The Morgan fingerprint density at radius 3 is 2.10 bits per heavy atom. The number of carbonyl (C=O) groups excluding carboxylic acids is 2. The van der Waals surface area contributed by atoms with E-state index < -0.39 is 187 Å². The average Bonchev–Trinajstić information content (AvgIpc) is 1.66. The molecule has 9 rings (SSSR count). The third kappa shape index (κ3) is 11.2. The summed E-state index contributed by atoms with van der Waals surface area (Å²) in [4.78, 5) is 27.4. The molecule has 1 spiro atoms. The summed E-state index contributed by atoms with van der Waals surface area (Å²) in [6.45, 7) is 15.2. The highest BCUT2D eigenvalue weighted by molar-refractivity contribution is 7.80. The molecule has 4 aliphatic carbocycles. The maximum absolute atomic E-state index is 14.6. The van der Waals surface area contributed by atoms with Crippen molar-refractivity contribution in [3.05, 3.63) is 35.5 Å². The minimum atomic E-state index is -4.97. The van der Waals surface area contributed by atoms with E-state index in [2.05, 4.69) is 38.0 Å². The number of methoxy groups -OCH3 is 1. The summed E-state index contributed by atoms with van der Waals surface area (Å²) in [5.41, 5.74) is -1.34. The van der Waals surface area contributed by atoms with Gasteiger partial charge < -0.3 is 93.0 Å². The van der Waals surface area contributed by atoms with Crippen LogP contribution in [-0.4, -0.2) is 222 Å². The highest BCUT2D eigenvalue weighted by Crippen LogP contribution is 2.76. The SMILES string of the molecule is CO[C@@H]1[C@@H](O)[C@H](O[C@@H]2[C@@H](O)[C@H](O[C@H]3[C@H](O)[C@@H](O)[C@H](O[C@H]4[C@H](O[C@H]5CC[C@]6(C)[C@@H]7CC[C@]89C(=O)O[C@@](C)(/C=C/C=C(C)C)[C@H]8[C@@H](OC(C)=O)C[C@@]9(C)C7=CC[C@H]6C5(C)C)OC[C@@H](COS(=O)(=O)O)[C@@H]4O)O[C@@H]3C)OC[C@H]2O)O[C@H](CO)[C@H]1O. The first-order valence-corrected chi connectivity index (χ1v) is 29.9. The monoisotopic (exact) mass is 1190 g/mol. The number of cyclic esters (lactones) is 1. The molecule has 27 atom stereocenters. The fourth-order valence-electron chi connectivity index (χ4n) is 16.1. The molecule has 5 aliphatic heterocycles. The third-order valence-corrected chi connectivity index (χ3v) is 20.5. The first-order valence-electron chi connectivity index (χ1n) is 28.5. The zero-order chi connectivity index (χ0) is 60.0. The number of hydrogen-bond acceptors (Lipinski definition) is 24.